The van der Waals surface area contributed by atoms with Crippen LogP contribution in [0.1, 0.15) is 41.5 Å². The maximum Gasteiger partial charge on any atom is 0.0528 e. The fraction of sp³-hybridized carbons (Fsp3) is 0.625. The summed E-state index contributed by atoms with van der Waals surface area (Å²) in [5.41, 5.74) is 5.34. The van der Waals surface area contributed by atoms with Gasteiger partial charge in [-0.05, 0) is 69.8 Å². The van der Waals surface area contributed by atoms with Gasteiger partial charge in [-0.25, -0.2) is 0 Å². The molecule has 1 aliphatic rings. The normalized spacial score (nSPS) is 24.9. The number of rotatable bonds is 2. The summed E-state index contributed by atoms with van der Waals surface area (Å²) in [4.78, 5) is 0. The first-order chi connectivity index (χ1) is 8.59. The molecular formula is C16H25NO. The minimum Gasteiger partial charge on any atom is -0.395 e. The van der Waals surface area contributed by atoms with Gasteiger partial charge in [0.25, 0.3) is 0 Å². The first-order valence-electron chi connectivity index (χ1n) is 6.99. The molecule has 0 aliphatic carbocycles. The molecule has 2 rings (SSSR count). The zero-order chi connectivity index (χ0) is 13.2. The number of benzene rings is 1. The van der Waals surface area contributed by atoms with E-state index in [0.29, 0.717) is 0 Å². The second-order valence-electron chi connectivity index (χ2n) is 5.82. The summed E-state index contributed by atoms with van der Waals surface area (Å²) in [6.07, 6.45) is 3.27. The van der Waals surface area contributed by atoms with Gasteiger partial charge >= 0.3 is 0 Å². The summed E-state index contributed by atoms with van der Waals surface area (Å²) in [5.74, 6) is 0. The van der Waals surface area contributed by atoms with E-state index in [4.69, 9.17) is 0 Å². The molecular weight excluding hydrogens is 222 g/mol. The zero-order valence-corrected chi connectivity index (χ0v) is 11.8. The van der Waals surface area contributed by atoms with Crippen molar-refractivity contribution in [2.45, 2.75) is 45.4 Å². The van der Waals surface area contributed by atoms with Gasteiger partial charge in [0, 0.05) is 5.41 Å². The number of hydrogen-bond donors (Lipinski definition) is 2. The van der Waals surface area contributed by atoms with Crippen molar-refractivity contribution in [1.82, 2.24) is 5.32 Å². The van der Waals surface area contributed by atoms with Gasteiger partial charge in [0.15, 0.2) is 0 Å². The molecule has 2 heteroatoms. The summed E-state index contributed by atoms with van der Waals surface area (Å²) in [5, 5.41) is 13.5. The third-order valence-corrected chi connectivity index (χ3v) is 4.30. The first-order valence-corrected chi connectivity index (χ1v) is 6.99. The second-order valence-corrected chi connectivity index (χ2v) is 5.82. The summed E-state index contributed by atoms with van der Waals surface area (Å²) < 4.78 is 0. The molecule has 0 radical (unpaired) electrons. The number of hydrogen-bond acceptors (Lipinski definition) is 2. The SMILES string of the molecule is Cc1cc(C)c(C2(CO)CCCNCC2)c(C)c1. The van der Waals surface area contributed by atoms with Crippen LogP contribution in [0.3, 0.4) is 0 Å². The Balaban J connectivity index is 2.49. The van der Waals surface area contributed by atoms with E-state index < -0.39 is 0 Å². The molecule has 0 amide bonds. The maximum absolute atomic E-state index is 10.0. The highest BCUT2D eigenvalue weighted by atomic mass is 16.3. The largest absolute Gasteiger partial charge is 0.395 e. The predicted molar refractivity (Wildman–Crippen MR) is 76.1 cm³/mol. The molecule has 2 nitrogen and oxygen atoms in total. The van der Waals surface area contributed by atoms with E-state index in [1.54, 1.807) is 0 Å². The molecule has 1 atom stereocenters. The fourth-order valence-corrected chi connectivity index (χ4v) is 3.63. The highest BCUT2D eigenvalue weighted by Gasteiger charge is 2.34. The van der Waals surface area contributed by atoms with Crippen LogP contribution in [-0.2, 0) is 5.41 Å². The van der Waals surface area contributed by atoms with Crippen LogP contribution < -0.4 is 5.32 Å². The van der Waals surface area contributed by atoms with Crippen molar-refractivity contribution in [2.24, 2.45) is 0 Å². The quantitative estimate of drug-likeness (QED) is 0.842. The number of aryl methyl sites for hydroxylation is 3. The van der Waals surface area contributed by atoms with Gasteiger partial charge in [-0.2, -0.15) is 0 Å². The van der Waals surface area contributed by atoms with Crippen molar-refractivity contribution in [2.75, 3.05) is 19.7 Å². The van der Waals surface area contributed by atoms with Crippen molar-refractivity contribution in [1.29, 1.82) is 0 Å². The van der Waals surface area contributed by atoms with Crippen LogP contribution in [0.5, 0.6) is 0 Å². The van der Waals surface area contributed by atoms with E-state index in [2.05, 4.69) is 38.2 Å². The van der Waals surface area contributed by atoms with Gasteiger partial charge in [-0.15, -0.1) is 0 Å². The molecule has 1 saturated heterocycles. The lowest BCUT2D eigenvalue weighted by Gasteiger charge is -2.34. The van der Waals surface area contributed by atoms with Gasteiger partial charge in [0.05, 0.1) is 6.61 Å². The molecule has 1 heterocycles. The second kappa shape index (κ2) is 5.41. The Bertz CT molecular complexity index is 394. The fourth-order valence-electron chi connectivity index (χ4n) is 3.63. The van der Waals surface area contributed by atoms with Gasteiger partial charge in [0.1, 0.15) is 0 Å². The molecule has 2 N–H and O–H groups in total. The van der Waals surface area contributed by atoms with Gasteiger partial charge < -0.3 is 10.4 Å². The molecule has 1 fully saturated rings. The molecule has 100 valence electrons. The van der Waals surface area contributed by atoms with Crippen LogP contribution in [0.25, 0.3) is 0 Å². The Morgan fingerprint density at radius 1 is 1.11 bits per heavy atom. The van der Waals surface area contributed by atoms with Crippen molar-refractivity contribution in [3.63, 3.8) is 0 Å². The lowest BCUT2D eigenvalue weighted by Crippen LogP contribution is -2.33. The predicted octanol–water partition coefficient (Wildman–Crippen LogP) is 2.62. The van der Waals surface area contributed by atoms with Gasteiger partial charge in [0.2, 0.25) is 0 Å². The molecule has 0 spiro atoms. The van der Waals surface area contributed by atoms with Crippen LogP contribution in [0.2, 0.25) is 0 Å². The molecule has 0 saturated carbocycles. The van der Waals surface area contributed by atoms with Crippen LogP contribution in [0.4, 0.5) is 0 Å². The van der Waals surface area contributed by atoms with Crippen molar-refractivity contribution in [3.05, 3.63) is 34.4 Å². The van der Waals surface area contributed by atoms with Crippen molar-refractivity contribution in [3.8, 4) is 0 Å². The monoisotopic (exact) mass is 247 g/mol. The Morgan fingerprint density at radius 3 is 2.39 bits per heavy atom. The topological polar surface area (TPSA) is 32.3 Å². The van der Waals surface area contributed by atoms with Crippen LogP contribution in [0.15, 0.2) is 12.1 Å². The van der Waals surface area contributed by atoms with Gasteiger partial charge in [-0.1, -0.05) is 17.7 Å². The summed E-state index contributed by atoms with van der Waals surface area (Å²) in [6.45, 7) is 8.86. The summed E-state index contributed by atoms with van der Waals surface area (Å²) in [7, 11) is 0. The molecule has 1 unspecified atom stereocenters. The molecule has 0 aromatic heterocycles. The van der Waals surface area contributed by atoms with E-state index in [9.17, 15) is 5.11 Å². The average molecular weight is 247 g/mol. The number of nitrogens with one attached hydrogen (secondary N) is 1. The molecule has 1 aromatic rings. The van der Waals surface area contributed by atoms with Crippen LogP contribution in [-0.4, -0.2) is 24.8 Å². The molecule has 1 aliphatic heterocycles. The van der Waals surface area contributed by atoms with Crippen molar-refractivity contribution >= 4 is 0 Å². The van der Waals surface area contributed by atoms with Crippen LogP contribution >= 0.6 is 0 Å². The zero-order valence-electron chi connectivity index (χ0n) is 11.8. The lowest BCUT2D eigenvalue weighted by atomic mass is 9.71. The third kappa shape index (κ3) is 2.45. The highest BCUT2D eigenvalue weighted by molar-refractivity contribution is 5.43. The van der Waals surface area contributed by atoms with E-state index >= 15 is 0 Å². The third-order valence-electron chi connectivity index (χ3n) is 4.30. The van der Waals surface area contributed by atoms with Gasteiger partial charge in [-0.3, -0.25) is 0 Å². The minimum absolute atomic E-state index is 0.0363. The molecule has 18 heavy (non-hydrogen) atoms. The van der Waals surface area contributed by atoms with Crippen LogP contribution in [0, 0.1) is 20.8 Å². The Hall–Kier alpha value is -0.860. The standard InChI is InChI=1S/C16H25NO/c1-12-9-13(2)15(14(3)10-12)16(11-18)5-4-7-17-8-6-16/h9-10,17-18H,4-8,11H2,1-3H3. The molecule has 0 bridgehead atoms. The molecule has 1 aromatic carbocycles. The number of aliphatic hydroxyl groups excluding tert-OH is 1. The van der Waals surface area contributed by atoms with E-state index in [1.165, 1.54) is 22.3 Å². The Morgan fingerprint density at radius 2 is 1.78 bits per heavy atom. The number of aliphatic hydroxyl groups is 1. The minimum atomic E-state index is -0.0363. The lowest BCUT2D eigenvalue weighted by molar-refractivity contribution is 0.177. The van der Waals surface area contributed by atoms with E-state index in [-0.39, 0.29) is 12.0 Å². The summed E-state index contributed by atoms with van der Waals surface area (Å²) in [6, 6.07) is 4.50. The average Bonchev–Trinajstić information content (AvgIpc) is 2.54. The highest BCUT2D eigenvalue weighted by Crippen LogP contribution is 2.38. The van der Waals surface area contributed by atoms with Crippen molar-refractivity contribution < 1.29 is 5.11 Å². The van der Waals surface area contributed by atoms with E-state index in [0.717, 1.165) is 32.4 Å². The summed E-state index contributed by atoms with van der Waals surface area (Å²) >= 11 is 0. The Kier molecular flexibility index (Phi) is 4.08. The first kappa shape index (κ1) is 13.6. The Labute approximate surface area is 110 Å². The van der Waals surface area contributed by atoms with E-state index in [1.807, 2.05) is 0 Å². The maximum atomic E-state index is 10.0. The smallest absolute Gasteiger partial charge is 0.0528 e.